The van der Waals surface area contributed by atoms with Gasteiger partial charge in [0.2, 0.25) is 5.91 Å². The molecule has 1 amide bonds. The van der Waals surface area contributed by atoms with Gasteiger partial charge in [0.15, 0.2) is 0 Å². The van der Waals surface area contributed by atoms with Crippen LogP contribution in [0.5, 0.6) is 0 Å². The third-order valence-electron chi connectivity index (χ3n) is 3.45. The van der Waals surface area contributed by atoms with Crippen LogP contribution in [0.1, 0.15) is 37.7 Å². The Morgan fingerprint density at radius 1 is 1.45 bits per heavy atom. The summed E-state index contributed by atoms with van der Waals surface area (Å²) < 4.78 is 0. The molecule has 1 aromatic rings. The first-order valence-electron chi connectivity index (χ1n) is 7.00. The third-order valence-corrected chi connectivity index (χ3v) is 6.87. The van der Waals surface area contributed by atoms with Crippen LogP contribution < -0.4 is 5.32 Å². The van der Waals surface area contributed by atoms with E-state index in [0.717, 1.165) is 29.3 Å². The Morgan fingerprint density at radius 3 is 3.05 bits per heavy atom. The molecule has 1 fully saturated rings. The number of rotatable bonds is 6. The van der Waals surface area contributed by atoms with Gasteiger partial charge in [-0.2, -0.15) is 0 Å². The zero-order valence-electron chi connectivity index (χ0n) is 11.7. The summed E-state index contributed by atoms with van der Waals surface area (Å²) in [4.78, 5) is 11.9. The number of carbonyl (C=O) groups is 1. The highest BCUT2D eigenvalue weighted by molar-refractivity contribution is 8.77. The zero-order valence-corrected chi connectivity index (χ0v) is 14.0. The monoisotopic (exact) mass is 329 g/mol. The maximum Gasteiger partial charge on any atom is 0.224 e. The number of halogens is 1. The molecule has 0 saturated carbocycles. The van der Waals surface area contributed by atoms with Crippen molar-refractivity contribution in [3.8, 4) is 0 Å². The predicted octanol–water partition coefficient (Wildman–Crippen LogP) is 5.30. The van der Waals surface area contributed by atoms with Crippen molar-refractivity contribution < 1.29 is 4.79 Å². The Bertz CT molecular complexity index is 461. The van der Waals surface area contributed by atoms with Gasteiger partial charge in [-0.25, -0.2) is 0 Å². The molecule has 110 valence electrons. The molecule has 1 atom stereocenters. The van der Waals surface area contributed by atoms with Gasteiger partial charge in [0.25, 0.3) is 0 Å². The lowest BCUT2D eigenvalue weighted by Gasteiger charge is -2.10. The summed E-state index contributed by atoms with van der Waals surface area (Å²) in [6.45, 7) is 1.92. The van der Waals surface area contributed by atoms with Crippen LogP contribution in [-0.4, -0.2) is 16.9 Å². The first kappa shape index (κ1) is 16.1. The fourth-order valence-electron chi connectivity index (χ4n) is 2.18. The number of nitrogens with one attached hydrogen (secondary N) is 1. The fraction of sp³-hybridized carbons (Fsp3) is 0.533. The second-order valence-electron chi connectivity index (χ2n) is 5.04. The van der Waals surface area contributed by atoms with E-state index in [4.69, 9.17) is 11.6 Å². The molecule has 0 aliphatic carbocycles. The van der Waals surface area contributed by atoms with Crippen LogP contribution in [0.25, 0.3) is 0 Å². The largest absolute Gasteiger partial charge is 0.326 e. The number of hydrogen-bond acceptors (Lipinski definition) is 3. The van der Waals surface area contributed by atoms with Crippen molar-refractivity contribution in [3.05, 3.63) is 28.8 Å². The molecule has 1 N–H and O–H groups in total. The lowest BCUT2D eigenvalue weighted by Crippen LogP contribution is -2.12. The molecule has 0 radical (unpaired) electrons. The molecular weight excluding hydrogens is 310 g/mol. The Kier molecular flexibility index (Phi) is 6.59. The molecule has 5 heteroatoms. The molecule has 2 rings (SSSR count). The van der Waals surface area contributed by atoms with Gasteiger partial charge in [-0.3, -0.25) is 4.79 Å². The first-order valence-corrected chi connectivity index (χ1v) is 9.76. The molecule has 1 aromatic carbocycles. The van der Waals surface area contributed by atoms with Crippen LogP contribution in [0.3, 0.4) is 0 Å². The van der Waals surface area contributed by atoms with Crippen molar-refractivity contribution in [2.24, 2.45) is 0 Å². The first-order chi connectivity index (χ1) is 9.66. The number of carbonyl (C=O) groups excluding carboxylic acids is 1. The minimum Gasteiger partial charge on any atom is -0.326 e. The molecule has 1 heterocycles. The van der Waals surface area contributed by atoms with E-state index in [9.17, 15) is 4.79 Å². The van der Waals surface area contributed by atoms with Gasteiger partial charge in [-0.15, -0.1) is 0 Å². The van der Waals surface area contributed by atoms with Gasteiger partial charge < -0.3 is 5.32 Å². The van der Waals surface area contributed by atoms with Crippen molar-refractivity contribution in [1.29, 1.82) is 0 Å². The van der Waals surface area contributed by atoms with E-state index in [1.54, 1.807) is 0 Å². The van der Waals surface area contributed by atoms with Crippen molar-refractivity contribution >= 4 is 44.8 Å². The summed E-state index contributed by atoms with van der Waals surface area (Å²) in [5, 5.41) is 4.44. The predicted molar refractivity (Wildman–Crippen MR) is 91.7 cm³/mol. The van der Waals surface area contributed by atoms with E-state index in [0.29, 0.717) is 11.4 Å². The molecule has 0 spiro atoms. The van der Waals surface area contributed by atoms with Crippen LogP contribution in [0.15, 0.2) is 18.2 Å². The van der Waals surface area contributed by atoms with Crippen LogP contribution >= 0.6 is 33.2 Å². The maximum absolute atomic E-state index is 11.9. The second kappa shape index (κ2) is 8.20. The topological polar surface area (TPSA) is 29.1 Å². The lowest BCUT2D eigenvalue weighted by molar-refractivity contribution is -0.116. The maximum atomic E-state index is 11.9. The highest BCUT2D eigenvalue weighted by atomic mass is 35.5. The number of unbranched alkanes of at least 4 members (excludes halogenated alkanes) is 1. The normalized spacial score (nSPS) is 18.2. The number of anilines is 1. The van der Waals surface area contributed by atoms with E-state index < -0.39 is 0 Å². The number of amides is 1. The fourth-order valence-corrected chi connectivity index (χ4v) is 5.38. The second-order valence-corrected chi connectivity index (χ2v) is 8.23. The van der Waals surface area contributed by atoms with Crippen molar-refractivity contribution in [2.45, 2.75) is 44.3 Å². The van der Waals surface area contributed by atoms with E-state index >= 15 is 0 Å². The minimum absolute atomic E-state index is 0.0869. The summed E-state index contributed by atoms with van der Waals surface area (Å²) in [5.74, 6) is 1.37. The summed E-state index contributed by atoms with van der Waals surface area (Å²) in [5.41, 5.74) is 1.76. The minimum atomic E-state index is 0.0869. The SMILES string of the molecule is Cc1c(Cl)cccc1NC(=O)CCCCC1CCSS1. The molecule has 1 aliphatic rings. The summed E-state index contributed by atoms with van der Waals surface area (Å²) >= 11 is 6.04. The third kappa shape index (κ3) is 4.90. The molecule has 20 heavy (non-hydrogen) atoms. The van der Waals surface area contributed by atoms with Crippen molar-refractivity contribution in [3.63, 3.8) is 0 Å². The summed E-state index contributed by atoms with van der Waals surface area (Å²) in [6.07, 6.45) is 5.26. The average molecular weight is 330 g/mol. The van der Waals surface area contributed by atoms with Gasteiger partial charge in [0, 0.05) is 28.1 Å². The quantitative estimate of drug-likeness (QED) is 0.567. The molecule has 1 unspecified atom stereocenters. The number of benzene rings is 1. The number of hydrogen-bond donors (Lipinski definition) is 1. The van der Waals surface area contributed by atoms with E-state index in [-0.39, 0.29) is 5.91 Å². The van der Waals surface area contributed by atoms with Crippen LogP contribution in [0.2, 0.25) is 5.02 Å². The van der Waals surface area contributed by atoms with Gasteiger partial charge in [-0.1, -0.05) is 45.7 Å². The highest BCUT2D eigenvalue weighted by Gasteiger charge is 2.15. The van der Waals surface area contributed by atoms with Gasteiger partial charge in [0.1, 0.15) is 0 Å². The van der Waals surface area contributed by atoms with Crippen molar-refractivity contribution in [1.82, 2.24) is 0 Å². The standard InChI is InChI=1S/C15H20ClNOS2/c1-11-13(16)6-4-7-14(11)17-15(18)8-3-2-5-12-9-10-19-20-12/h4,6-7,12H,2-3,5,8-10H2,1H3,(H,17,18). The van der Waals surface area contributed by atoms with E-state index in [2.05, 4.69) is 5.32 Å². The summed E-state index contributed by atoms with van der Waals surface area (Å²) in [7, 11) is 3.98. The summed E-state index contributed by atoms with van der Waals surface area (Å²) in [6, 6.07) is 5.59. The Morgan fingerprint density at radius 2 is 2.30 bits per heavy atom. The van der Waals surface area contributed by atoms with Gasteiger partial charge in [0.05, 0.1) is 0 Å². The molecule has 1 saturated heterocycles. The molecular formula is C15H20ClNOS2. The Labute approximate surface area is 133 Å². The molecule has 2 nitrogen and oxygen atoms in total. The molecule has 0 bridgehead atoms. The molecule has 1 aliphatic heterocycles. The Balaban J connectivity index is 1.68. The Hall–Kier alpha value is -0.320. The van der Waals surface area contributed by atoms with Crippen LogP contribution in [0, 0.1) is 6.92 Å². The van der Waals surface area contributed by atoms with Crippen LogP contribution in [-0.2, 0) is 4.79 Å². The zero-order chi connectivity index (χ0) is 14.4. The van der Waals surface area contributed by atoms with E-state index in [1.165, 1.54) is 18.6 Å². The van der Waals surface area contributed by atoms with Gasteiger partial charge in [-0.05, 0) is 43.9 Å². The van der Waals surface area contributed by atoms with Crippen LogP contribution in [0.4, 0.5) is 5.69 Å². The smallest absolute Gasteiger partial charge is 0.224 e. The van der Waals surface area contributed by atoms with E-state index in [1.807, 2.05) is 46.7 Å². The highest BCUT2D eigenvalue weighted by Crippen LogP contribution is 2.39. The average Bonchev–Trinajstić information content (AvgIpc) is 2.93. The lowest BCUT2D eigenvalue weighted by atomic mass is 10.1. The van der Waals surface area contributed by atoms with Crippen molar-refractivity contribution in [2.75, 3.05) is 11.1 Å². The van der Waals surface area contributed by atoms with Gasteiger partial charge >= 0.3 is 0 Å². The molecule has 0 aromatic heterocycles.